The Morgan fingerprint density at radius 3 is 1.40 bits per heavy atom. The fourth-order valence-electron chi connectivity index (χ4n) is 5.58. The van der Waals surface area contributed by atoms with Crippen molar-refractivity contribution in [1.29, 1.82) is 0 Å². The molecule has 0 heterocycles. The van der Waals surface area contributed by atoms with Crippen molar-refractivity contribution in [1.82, 2.24) is 0 Å². The second-order valence-corrected chi connectivity index (χ2v) is 15.8. The molecule has 11 heteroatoms. The van der Waals surface area contributed by atoms with Gasteiger partial charge in [0.2, 0.25) is 0 Å². The summed E-state index contributed by atoms with van der Waals surface area (Å²) < 4.78 is 32.7. The van der Waals surface area contributed by atoms with Crippen LogP contribution in [0.2, 0.25) is 0 Å². The largest absolute Gasteiger partial charge is 0.472 e. The summed E-state index contributed by atoms with van der Waals surface area (Å²) in [6.45, 7) is 2.30. The van der Waals surface area contributed by atoms with Gasteiger partial charge < -0.3 is 24.6 Å². The summed E-state index contributed by atoms with van der Waals surface area (Å²) >= 11 is 0. The van der Waals surface area contributed by atoms with Gasteiger partial charge in [-0.15, -0.1) is 0 Å². The van der Waals surface area contributed by atoms with E-state index in [4.69, 9.17) is 19.1 Å². The molecule has 0 aromatic carbocycles. The molecule has 0 bridgehead atoms. The van der Waals surface area contributed by atoms with Gasteiger partial charge in [-0.2, -0.15) is 0 Å². The van der Waals surface area contributed by atoms with E-state index >= 15 is 0 Å². The number of aliphatic hydroxyl groups excluding tert-OH is 2. The molecule has 0 aromatic heterocycles. The maximum atomic E-state index is 12.6. The van der Waals surface area contributed by atoms with Gasteiger partial charge in [-0.1, -0.05) is 140 Å². The first-order valence-electron chi connectivity index (χ1n) is 21.6. The fourth-order valence-corrected chi connectivity index (χ4v) is 6.37. The Kier molecular flexibility index (Phi) is 38.6. The first-order chi connectivity index (χ1) is 26.7. The topological polar surface area (TPSA) is 149 Å². The van der Waals surface area contributed by atoms with Crippen LogP contribution in [0, 0.1) is 0 Å². The zero-order chi connectivity index (χ0) is 40.5. The van der Waals surface area contributed by atoms with Crippen molar-refractivity contribution in [2.75, 3.05) is 26.4 Å². The molecule has 320 valence electrons. The number of allylic oxidation sites excluding steroid dienone is 8. The van der Waals surface area contributed by atoms with Crippen molar-refractivity contribution in [3.8, 4) is 0 Å². The zero-order valence-corrected chi connectivity index (χ0v) is 35.5. The van der Waals surface area contributed by atoms with Crippen molar-refractivity contribution < 1.29 is 47.8 Å². The Labute approximate surface area is 334 Å². The third kappa shape index (κ3) is 39.9. The van der Waals surface area contributed by atoms with Crippen molar-refractivity contribution in [2.24, 2.45) is 0 Å². The quantitative estimate of drug-likeness (QED) is 0.0237. The predicted octanol–water partition coefficient (Wildman–Crippen LogP) is 11.3. The fraction of sp³-hybridized carbons (Fsp3) is 0.773. The molecule has 0 aliphatic carbocycles. The van der Waals surface area contributed by atoms with E-state index in [0.29, 0.717) is 12.8 Å². The highest BCUT2D eigenvalue weighted by Crippen LogP contribution is 2.43. The zero-order valence-electron chi connectivity index (χ0n) is 34.6. The minimum atomic E-state index is -4.62. The van der Waals surface area contributed by atoms with Crippen LogP contribution in [0.3, 0.4) is 0 Å². The molecule has 0 amide bonds. The van der Waals surface area contributed by atoms with Crippen LogP contribution in [-0.4, -0.2) is 65.7 Å². The lowest BCUT2D eigenvalue weighted by Gasteiger charge is -2.20. The third-order valence-corrected chi connectivity index (χ3v) is 9.91. The molecular formula is C44H79O10P. The molecule has 0 saturated heterocycles. The molecule has 1 unspecified atom stereocenters. The number of carbonyl (C=O) groups is 2. The van der Waals surface area contributed by atoms with Gasteiger partial charge in [0.25, 0.3) is 0 Å². The van der Waals surface area contributed by atoms with Crippen molar-refractivity contribution in [2.45, 2.75) is 193 Å². The van der Waals surface area contributed by atoms with Gasteiger partial charge in [0, 0.05) is 12.8 Å². The maximum absolute atomic E-state index is 12.6. The van der Waals surface area contributed by atoms with Crippen LogP contribution in [0.5, 0.6) is 0 Å². The molecule has 0 radical (unpaired) electrons. The van der Waals surface area contributed by atoms with Crippen molar-refractivity contribution in [3.05, 3.63) is 48.6 Å². The number of unbranched alkanes of at least 4 members (excludes halogenated alkanes) is 18. The van der Waals surface area contributed by atoms with E-state index in [1.54, 1.807) is 0 Å². The van der Waals surface area contributed by atoms with Gasteiger partial charge in [-0.25, -0.2) is 4.57 Å². The monoisotopic (exact) mass is 799 g/mol. The summed E-state index contributed by atoms with van der Waals surface area (Å²) in [4.78, 5) is 35.0. The van der Waals surface area contributed by atoms with E-state index in [2.05, 4.69) is 67.0 Å². The van der Waals surface area contributed by atoms with E-state index in [0.717, 1.165) is 83.5 Å². The minimum Gasteiger partial charge on any atom is -0.462 e. The second-order valence-electron chi connectivity index (χ2n) is 14.4. The highest BCUT2D eigenvalue weighted by atomic mass is 31.2. The molecule has 10 nitrogen and oxygen atoms in total. The molecule has 0 aliphatic heterocycles. The molecule has 0 rings (SSSR count). The van der Waals surface area contributed by atoms with E-state index in [1.807, 2.05) is 0 Å². The van der Waals surface area contributed by atoms with Crippen LogP contribution in [0.1, 0.15) is 181 Å². The highest BCUT2D eigenvalue weighted by Gasteiger charge is 2.27. The van der Waals surface area contributed by atoms with Gasteiger partial charge in [0.1, 0.15) is 12.7 Å². The van der Waals surface area contributed by atoms with Crippen LogP contribution < -0.4 is 0 Å². The molecule has 3 atom stereocenters. The Morgan fingerprint density at radius 2 is 0.945 bits per heavy atom. The van der Waals surface area contributed by atoms with Gasteiger partial charge in [0.05, 0.1) is 19.8 Å². The number of hydrogen-bond acceptors (Lipinski definition) is 9. The molecule has 0 fully saturated rings. The molecule has 0 saturated carbocycles. The lowest BCUT2D eigenvalue weighted by molar-refractivity contribution is -0.161. The number of ether oxygens (including phenoxy) is 2. The first-order valence-corrected chi connectivity index (χ1v) is 23.1. The molecule has 3 N–H and O–H groups in total. The van der Waals surface area contributed by atoms with E-state index in [9.17, 15) is 24.2 Å². The number of phosphoric acid groups is 1. The third-order valence-electron chi connectivity index (χ3n) is 8.96. The summed E-state index contributed by atoms with van der Waals surface area (Å²) in [6, 6.07) is 0. The van der Waals surface area contributed by atoms with Crippen LogP contribution in [0.4, 0.5) is 0 Å². The Morgan fingerprint density at radius 1 is 0.545 bits per heavy atom. The van der Waals surface area contributed by atoms with Gasteiger partial charge in [-0.3, -0.25) is 18.6 Å². The predicted molar refractivity (Wildman–Crippen MR) is 224 cm³/mol. The molecule has 0 aromatic rings. The number of aliphatic hydroxyl groups is 2. The number of carbonyl (C=O) groups excluding carboxylic acids is 2. The molecule has 55 heavy (non-hydrogen) atoms. The summed E-state index contributed by atoms with van der Waals surface area (Å²) in [5.41, 5.74) is 0. The van der Waals surface area contributed by atoms with Crippen LogP contribution in [0.15, 0.2) is 48.6 Å². The number of esters is 2. The smallest absolute Gasteiger partial charge is 0.462 e. The van der Waals surface area contributed by atoms with E-state index < -0.39 is 51.8 Å². The average molecular weight is 799 g/mol. The Bertz CT molecular complexity index is 1060. The number of phosphoric ester groups is 1. The van der Waals surface area contributed by atoms with Gasteiger partial charge in [0.15, 0.2) is 6.10 Å². The van der Waals surface area contributed by atoms with Crippen LogP contribution in [-0.2, 0) is 32.7 Å². The van der Waals surface area contributed by atoms with Gasteiger partial charge in [-0.05, 0) is 77.0 Å². The summed E-state index contributed by atoms with van der Waals surface area (Å²) in [5.74, 6) is -0.951. The Hall–Kier alpha value is -2.07. The average Bonchev–Trinajstić information content (AvgIpc) is 3.17. The number of hydrogen-bond donors (Lipinski definition) is 3. The molecule has 0 aliphatic rings. The van der Waals surface area contributed by atoms with Crippen LogP contribution in [0.25, 0.3) is 0 Å². The highest BCUT2D eigenvalue weighted by molar-refractivity contribution is 7.47. The summed E-state index contributed by atoms with van der Waals surface area (Å²) in [6.07, 6.45) is 42.1. The first kappa shape index (κ1) is 52.9. The standard InChI is InChI=1S/C44H79O10P/c1-3-5-7-9-11-13-15-17-19-20-22-24-26-28-30-32-34-36-44(48)54-42(40-53-55(49,50)52-38-41(46)37-45)39-51-43(47)35-33-31-29-27-25-23-21-18-16-14-12-10-8-6-4-2/h11-14,17-19,21,41-42,45-46H,3-10,15-16,20,22-40H2,1-2H3,(H,49,50)/b13-11+,14-12+,19-17+,21-18+/t41-,42+/m0/s1. The normalized spacial score (nSPS) is 14.3. The SMILES string of the molecule is CCCCC/C=C/C/C=C/CCCCCCCCCC(=O)O[C@H](COC(=O)CCCCCCC/C=C/C/C=C/CCCCC)COP(=O)(O)OC[C@@H](O)CO. The summed E-state index contributed by atoms with van der Waals surface area (Å²) in [5, 5.41) is 18.3. The van der Waals surface area contributed by atoms with Crippen molar-refractivity contribution in [3.63, 3.8) is 0 Å². The second kappa shape index (κ2) is 40.1. The lowest BCUT2D eigenvalue weighted by Crippen LogP contribution is -2.29. The van der Waals surface area contributed by atoms with E-state index in [-0.39, 0.29) is 19.4 Å². The van der Waals surface area contributed by atoms with Crippen LogP contribution >= 0.6 is 7.82 Å². The minimum absolute atomic E-state index is 0.171. The number of rotatable bonds is 40. The summed E-state index contributed by atoms with van der Waals surface area (Å²) in [7, 11) is -4.62. The maximum Gasteiger partial charge on any atom is 0.472 e. The Balaban J connectivity index is 4.34. The van der Waals surface area contributed by atoms with Gasteiger partial charge >= 0.3 is 19.8 Å². The van der Waals surface area contributed by atoms with E-state index in [1.165, 1.54) is 57.8 Å². The molecular weight excluding hydrogens is 719 g/mol. The van der Waals surface area contributed by atoms with Crippen molar-refractivity contribution >= 4 is 19.8 Å². The lowest BCUT2D eigenvalue weighted by atomic mass is 10.1. The molecule has 0 spiro atoms.